The first-order chi connectivity index (χ1) is 4.75. The standard InChI is InChI=1S/C7H9IN2/c1-10-6-4-2-3-5(8)7(6)9/h2-4,10H,9H2,1H3. The Balaban J connectivity index is 3.14. The molecule has 0 amide bonds. The Labute approximate surface area is 73.9 Å². The lowest BCUT2D eigenvalue weighted by Crippen LogP contribution is -1.96. The molecule has 54 valence electrons. The highest BCUT2D eigenvalue weighted by molar-refractivity contribution is 14.1. The lowest BCUT2D eigenvalue weighted by atomic mass is 10.3. The second kappa shape index (κ2) is 3.09. The predicted molar refractivity (Wildman–Crippen MR) is 53.1 cm³/mol. The lowest BCUT2D eigenvalue weighted by Gasteiger charge is -2.04. The molecule has 0 spiro atoms. The van der Waals surface area contributed by atoms with Crippen LogP contribution in [0.4, 0.5) is 11.4 Å². The Morgan fingerprint density at radius 3 is 2.70 bits per heavy atom. The van der Waals surface area contributed by atoms with E-state index in [1.807, 2.05) is 25.2 Å². The van der Waals surface area contributed by atoms with Crippen LogP contribution in [0.3, 0.4) is 0 Å². The third kappa shape index (κ3) is 1.34. The first kappa shape index (κ1) is 7.65. The largest absolute Gasteiger partial charge is 0.396 e. The number of para-hydroxylation sites is 1. The second-order valence-electron chi connectivity index (χ2n) is 1.95. The van der Waals surface area contributed by atoms with Crippen LogP contribution in [-0.4, -0.2) is 7.05 Å². The van der Waals surface area contributed by atoms with Crippen molar-refractivity contribution in [2.75, 3.05) is 18.1 Å². The van der Waals surface area contributed by atoms with Crippen LogP contribution in [0.15, 0.2) is 18.2 Å². The summed E-state index contributed by atoms with van der Waals surface area (Å²) in [7, 11) is 1.86. The van der Waals surface area contributed by atoms with Gasteiger partial charge >= 0.3 is 0 Å². The lowest BCUT2D eigenvalue weighted by molar-refractivity contribution is 1.49. The van der Waals surface area contributed by atoms with Crippen molar-refractivity contribution in [2.24, 2.45) is 0 Å². The molecule has 0 aliphatic heterocycles. The van der Waals surface area contributed by atoms with Gasteiger partial charge in [-0.15, -0.1) is 0 Å². The van der Waals surface area contributed by atoms with E-state index in [4.69, 9.17) is 5.73 Å². The summed E-state index contributed by atoms with van der Waals surface area (Å²) in [6.45, 7) is 0. The van der Waals surface area contributed by atoms with Crippen molar-refractivity contribution >= 4 is 34.0 Å². The summed E-state index contributed by atoms with van der Waals surface area (Å²) in [5.74, 6) is 0. The Kier molecular flexibility index (Phi) is 2.37. The van der Waals surface area contributed by atoms with Crippen molar-refractivity contribution in [3.63, 3.8) is 0 Å². The van der Waals surface area contributed by atoms with Gasteiger partial charge in [-0.25, -0.2) is 0 Å². The van der Waals surface area contributed by atoms with E-state index >= 15 is 0 Å². The zero-order valence-corrected chi connectivity index (χ0v) is 7.84. The summed E-state index contributed by atoms with van der Waals surface area (Å²) < 4.78 is 1.09. The summed E-state index contributed by atoms with van der Waals surface area (Å²) in [6, 6.07) is 5.91. The highest BCUT2D eigenvalue weighted by Gasteiger charge is 1.97. The smallest absolute Gasteiger partial charge is 0.0685 e. The molecule has 1 rings (SSSR count). The van der Waals surface area contributed by atoms with Gasteiger partial charge in [0.05, 0.1) is 11.4 Å². The normalized spacial score (nSPS) is 9.40. The molecule has 0 aromatic heterocycles. The quantitative estimate of drug-likeness (QED) is 0.588. The fourth-order valence-electron chi connectivity index (χ4n) is 0.755. The van der Waals surface area contributed by atoms with E-state index < -0.39 is 0 Å². The fourth-order valence-corrected chi connectivity index (χ4v) is 1.25. The Hall–Kier alpha value is -0.450. The molecular formula is C7H9IN2. The molecule has 10 heavy (non-hydrogen) atoms. The zero-order chi connectivity index (χ0) is 7.56. The van der Waals surface area contributed by atoms with E-state index in [1.54, 1.807) is 0 Å². The fraction of sp³-hybridized carbons (Fsp3) is 0.143. The van der Waals surface area contributed by atoms with Crippen LogP contribution in [0, 0.1) is 3.57 Å². The van der Waals surface area contributed by atoms with Gasteiger partial charge in [-0.3, -0.25) is 0 Å². The Morgan fingerprint density at radius 1 is 1.50 bits per heavy atom. The Morgan fingerprint density at radius 2 is 2.20 bits per heavy atom. The van der Waals surface area contributed by atoms with Gasteiger partial charge in [-0.05, 0) is 34.7 Å². The van der Waals surface area contributed by atoms with Crippen molar-refractivity contribution < 1.29 is 0 Å². The maximum Gasteiger partial charge on any atom is 0.0685 e. The van der Waals surface area contributed by atoms with Gasteiger partial charge in [0.1, 0.15) is 0 Å². The van der Waals surface area contributed by atoms with Crippen LogP contribution in [0.2, 0.25) is 0 Å². The average Bonchev–Trinajstić information content (AvgIpc) is 1.95. The number of nitrogens with two attached hydrogens (primary N) is 1. The number of hydrogen-bond acceptors (Lipinski definition) is 2. The summed E-state index contributed by atoms with van der Waals surface area (Å²) in [5.41, 5.74) is 7.54. The molecule has 1 aromatic rings. The maximum absolute atomic E-state index is 5.72. The van der Waals surface area contributed by atoms with Gasteiger partial charge in [0.25, 0.3) is 0 Å². The number of rotatable bonds is 1. The van der Waals surface area contributed by atoms with Gasteiger partial charge < -0.3 is 11.1 Å². The molecule has 2 nitrogen and oxygen atoms in total. The molecule has 0 saturated carbocycles. The summed E-state index contributed by atoms with van der Waals surface area (Å²) in [6.07, 6.45) is 0. The minimum atomic E-state index is 0.825. The Bertz CT molecular complexity index is 235. The molecule has 0 heterocycles. The molecule has 0 bridgehead atoms. The number of nitrogen functional groups attached to an aromatic ring is 1. The van der Waals surface area contributed by atoms with Gasteiger partial charge in [0.15, 0.2) is 0 Å². The van der Waals surface area contributed by atoms with E-state index in [0.29, 0.717) is 0 Å². The molecule has 3 N–H and O–H groups in total. The molecule has 0 fully saturated rings. The molecule has 0 atom stereocenters. The van der Waals surface area contributed by atoms with Crippen molar-refractivity contribution in [2.45, 2.75) is 0 Å². The van der Waals surface area contributed by atoms with Gasteiger partial charge in [0, 0.05) is 10.6 Å². The molecule has 0 radical (unpaired) electrons. The molecule has 0 aliphatic carbocycles. The van der Waals surface area contributed by atoms with Crippen molar-refractivity contribution in [3.8, 4) is 0 Å². The van der Waals surface area contributed by atoms with Crippen LogP contribution in [0.5, 0.6) is 0 Å². The van der Waals surface area contributed by atoms with Gasteiger partial charge in [-0.1, -0.05) is 6.07 Å². The third-order valence-electron chi connectivity index (χ3n) is 1.32. The van der Waals surface area contributed by atoms with Crippen LogP contribution in [-0.2, 0) is 0 Å². The average molecular weight is 248 g/mol. The minimum Gasteiger partial charge on any atom is -0.396 e. The molecule has 0 saturated heterocycles. The number of nitrogens with one attached hydrogen (secondary N) is 1. The number of anilines is 2. The van der Waals surface area contributed by atoms with E-state index in [-0.39, 0.29) is 0 Å². The van der Waals surface area contributed by atoms with Crippen LogP contribution in [0.25, 0.3) is 0 Å². The molecule has 3 heteroatoms. The maximum atomic E-state index is 5.72. The van der Waals surface area contributed by atoms with E-state index in [1.165, 1.54) is 0 Å². The summed E-state index contributed by atoms with van der Waals surface area (Å²) in [5, 5.41) is 3.01. The molecule has 1 aromatic carbocycles. The molecule has 0 aliphatic rings. The third-order valence-corrected chi connectivity index (χ3v) is 2.26. The number of halogens is 1. The van der Waals surface area contributed by atoms with E-state index in [9.17, 15) is 0 Å². The van der Waals surface area contributed by atoms with Gasteiger partial charge in [-0.2, -0.15) is 0 Å². The zero-order valence-electron chi connectivity index (χ0n) is 5.69. The number of benzene rings is 1. The first-order valence-corrected chi connectivity index (χ1v) is 4.05. The van der Waals surface area contributed by atoms with Crippen LogP contribution < -0.4 is 11.1 Å². The van der Waals surface area contributed by atoms with Gasteiger partial charge in [0.2, 0.25) is 0 Å². The number of hydrogen-bond donors (Lipinski definition) is 2. The topological polar surface area (TPSA) is 38.0 Å². The highest BCUT2D eigenvalue weighted by atomic mass is 127. The monoisotopic (exact) mass is 248 g/mol. The molecular weight excluding hydrogens is 239 g/mol. The van der Waals surface area contributed by atoms with Crippen LogP contribution in [0.1, 0.15) is 0 Å². The summed E-state index contributed by atoms with van der Waals surface area (Å²) >= 11 is 2.21. The minimum absolute atomic E-state index is 0.825. The van der Waals surface area contributed by atoms with E-state index in [0.717, 1.165) is 14.9 Å². The summed E-state index contributed by atoms with van der Waals surface area (Å²) in [4.78, 5) is 0. The first-order valence-electron chi connectivity index (χ1n) is 2.97. The van der Waals surface area contributed by atoms with E-state index in [2.05, 4.69) is 27.9 Å². The van der Waals surface area contributed by atoms with Crippen LogP contribution >= 0.6 is 22.6 Å². The second-order valence-corrected chi connectivity index (χ2v) is 3.11. The predicted octanol–water partition coefficient (Wildman–Crippen LogP) is 1.92. The van der Waals surface area contributed by atoms with Crippen molar-refractivity contribution in [1.29, 1.82) is 0 Å². The molecule has 0 unspecified atom stereocenters. The SMILES string of the molecule is CNc1cccc(I)c1N. The van der Waals surface area contributed by atoms with Crippen molar-refractivity contribution in [1.82, 2.24) is 0 Å². The highest BCUT2D eigenvalue weighted by Crippen LogP contribution is 2.22. The van der Waals surface area contributed by atoms with Crippen molar-refractivity contribution in [3.05, 3.63) is 21.8 Å².